The van der Waals surface area contributed by atoms with Crippen molar-refractivity contribution in [3.63, 3.8) is 0 Å². The minimum atomic E-state index is 0.344. The fourth-order valence-electron chi connectivity index (χ4n) is 2.64. The van der Waals surface area contributed by atoms with Gasteiger partial charge in [0.2, 0.25) is 0 Å². The first-order valence-corrected chi connectivity index (χ1v) is 7.00. The van der Waals surface area contributed by atoms with Gasteiger partial charge in [0.05, 0.1) is 0 Å². The highest BCUT2D eigenvalue weighted by atomic mass is 15.2. The molecule has 0 bridgehead atoms. The Bertz CT molecular complexity index is 351. The molecule has 0 aliphatic carbocycles. The quantitative estimate of drug-likeness (QED) is 0.837. The summed E-state index contributed by atoms with van der Waals surface area (Å²) in [5.41, 5.74) is 10.0. The lowest BCUT2D eigenvalue weighted by Crippen LogP contribution is -2.36. The molecule has 1 unspecified atom stereocenters. The third kappa shape index (κ3) is 4.11. The predicted octanol–water partition coefficient (Wildman–Crippen LogP) is 3.28. The topological polar surface area (TPSA) is 29.3 Å². The number of likely N-dealkylation sites (N-methyl/N-ethyl adjacent to an activating group) is 1. The highest BCUT2D eigenvalue weighted by Gasteiger charge is 2.18. The Morgan fingerprint density at radius 2 is 1.67 bits per heavy atom. The summed E-state index contributed by atoms with van der Waals surface area (Å²) in [5, 5.41) is 0. The maximum atomic E-state index is 6.02. The second-order valence-electron chi connectivity index (χ2n) is 5.65. The summed E-state index contributed by atoms with van der Waals surface area (Å²) >= 11 is 0. The van der Waals surface area contributed by atoms with Gasteiger partial charge in [0.25, 0.3) is 0 Å². The largest absolute Gasteiger partial charge is 0.329 e. The average Bonchev–Trinajstić information content (AvgIpc) is 2.26. The summed E-state index contributed by atoms with van der Waals surface area (Å²) in [6.45, 7) is 13.9. The number of aryl methyl sites for hydroxylation is 2. The fraction of sp³-hybridized carbons (Fsp3) is 0.625. The van der Waals surface area contributed by atoms with Gasteiger partial charge < -0.3 is 5.73 Å². The monoisotopic (exact) mass is 248 g/mol. The van der Waals surface area contributed by atoms with E-state index in [2.05, 4.69) is 57.7 Å². The van der Waals surface area contributed by atoms with Crippen LogP contribution in [-0.2, 0) is 0 Å². The summed E-state index contributed by atoms with van der Waals surface area (Å²) < 4.78 is 0. The van der Waals surface area contributed by atoms with E-state index in [9.17, 15) is 0 Å². The van der Waals surface area contributed by atoms with E-state index in [1.54, 1.807) is 0 Å². The number of rotatable bonds is 6. The van der Waals surface area contributed by atoms with E-state index >= 15 is 0 Å². The minimum Gasteiger partial charge on any atom is -0.329 e. The van der Waals surface area contributed by atoms with Crippen LogP contribution in [0.15, 0.2) is 18.2 Å². The van der Waals surface area contributed by atoms with Gasteiger partial charge in [0, 0.05) is 19.1 Å². The van der Waals surface area contributed by atoms with Gasteiger partial charge in [-0.15, -0.1) is 0 Å². The Morgan fingerprint density at radius 3 is 2.06 bits per heavy atom. The van der Waals surface area contributed by atoms with E-state index in [-0.39, 0.29) is 0 Å². The number of benzene rings is 1. The summed E-state index contributed by atoms with van der Waals surface area (Å²) in [6, 6.07) is 7.10. The van der Waals surface area contributed by atoms with Crippen molar-refractivity contribution in [2.24, 2.45) is 11.7 Å². The van der Waals surface area contributed by atoms with Crippen LogP contribution in [0.25, 0.3) is 0 Å². The number of nitrogens with zero attached hydrogens (tertiary/aromatic N) is 1. The van der Waals surface area contributed by atoms with E-state index in [0.29, 0.717) is 18.5 Å². The van der Waals surface area contributed by atoms with Gasteiger partial charge in [0.1, 0.15) is 0 Å². The maximum Gasteiger partial charge on any atom is 0.0470 e. The van der Waals surface area contributed by atoms with Gasteiger partial charge in [-0.2, -0.15) is 0 Å². The summed E-state index contributed by atoms with van der Waals surface area (Å²) in [4.78, 5) is 2.48. The van der Waals surface area contributed by atoms with Crippen LogP contribution < -0.4 is 5.73 Å². The zero-order chi connectivity index (χ0) is 13.7. The lowest BCUT2D eigenvalue weighted by atomic mass is 9.99. The molecule has 0 aromatic heterocycles. The Hall–Kier alpha value is -0.860. The molecule has 0 heterocycles. The molecule has 1 aromatic rings. The summed E-state index contributed by atoms with van der Waals surface area (Å²) in [5.74, 6) is 0.671. The Kier molecular flexibility index (Phi) is 5.83. The van der Waals surface area contributed by atoms with Crippen LogP contribution in [-0.4, -0.2) is 24.5 Å². The first-order chi connectivity index (χ1) is 8.47. The molecule has 0 radical (unpaired) electrons. The molecular weight excluding hydrogens is 220 g/mol. The lowest BCUT2D eigenvalue weighted by Gasteiger charge is -2.32. The molecule has 2 N–H and O–H groups in total. The van der Waals surface area contributed by atoms with Gasteiger partial charge in [-0.3, -0.25) is 4.90 Å². The molecule has 1 atom stereocenters. The van der Waals surface area contributed by atoms with Crippen molar-refractivity contribution in [3.05, 3.63) is 34.9 Å². The summed E-state index contributed by atoms with van der Waals surface area (Å²) in [6.07, 6.45) is 0. The van der Waals surface area contributed by atoms with Crippen molar-refractivity contribution in [2.75, 3.05) is 19.6 Å². The second-order valence-corrected chi connectivity index (χ2v) is 5.65. The Balaban J connectivity index is 2.99. The van der Waals surface area contributed by atoms with E-state index < -0.39 is 0 Å². The minimum absolute atomic E-state index is 0.344. The Morgan fingerprint density at radius 1 is 1.11 bits per heavy atom. The second kappa shape index (κ2) is 6.91. The SMILES string of the molecule is CCN(CC(C)C)C(CN)c1cc(C)cc(C)c1. The molecule has 0 aliphatic rings. The molecular formula is C16H28N2. The molecule has 102 valence electrons. The van der Waals surface area contributed by atoms with Crippen molar-refractivity contribution in [1.82, 2.24) is 4.90 Å². The molecule has 0 fully saturated rings. The van der Waals surface area contributed by atoms with Gasteiger partial charge in [-0.1, -0.05) is 50.1 Å². The molecule has 0 aliphatic heterocycles. The predicted molar refractivity (Wildman–Crippen MR) is 79.8 cm³/mol. The normalized spacial score (nSPS) is 13.3. The first-order valence-electron chi connectivity index (χ1n) is 7.00. The third-order valence-corrected chi connectivity index (χ3v) is 3.30. The fourth-order valence-corrected chi connectivity index (χ4v) is 2.64. The van der Waals surface area contributed by atoms with E-state index in [1.165, 1.54) is 16.7 Å². The first kappa shape index (κ1) is 15.2. The standard InChI is InChI=1S/C16H28N2/c1-6-18(11-12(2)3)16(10-17)15-8-13(4)7-14(5)9-15/h7-9,12,16H,6,10-11,17H2,1-5H3. The van der Waals surface area contributed by atoms with Crippen LogP contribution >= 0.6 is 0 Å². The van der Waals surface area contributed by atoms with E-state index in [4.69, 9.17) is 5.73 Å². The molecule has 0 spiro atoms. The average molecular weight is 248 g/mol. The van der Waals surface area contributed by atoms with Crippen LogP contribution in [0.1, 0.15) is 43.5 Å². The smallest absolute Gasteiger partial charge is 0.0470 e. The van der Waals surface area contributed by atoms with E-state index in [1.807, 2.05) is 0 Å². The van der Waals surface area contributed by atoms with Crippen molar-refractivity contribution in [2.45, 2.75) is 40.7 Å². The van der Waals surface area contributed by atoms with Gasteiger partial charge in [-0.05, 0) is 31.9 Å². The van der Waals surface area contributed by atoms with Crippen molar-refractivity contribution in [3.8, 4) is 0 Å². The van der Waals surface area contributed by atoms with Crippen LogP contribution in [0, 0.1) is 19.8 Å². The van der Waals surface area contributed by atoms with E-state index in [0.717, 1.165) is 13.1 Å². The van der Waals surface area contributed by atoms with Crippen LogP contribution in [0.2, 0.25) is 0 Å². The molecule has 0 amide bonds. The van der Waals surface area contributed by atoms with Gasteiger partial charge in [-0.25, -0.2) is 0 Å². The highest BCUT2D eigenvalue weighted by Crippen LogP contribution is 2.23. The van der Waals surface area contributed by atoms with Gasteiger partial charge in [0.15, 0.2) is 0 Å². The zero-order valence-corrected chi connectivity index (χ0v) is 12.5. The molecule has 1 rings (SSSR count). The number of hydrogen-bond donors (Lipinski definition) is 1. The summed E-state index contributed by atoms with van der Waals surface area (Å²) in [7, 11) is 0. The highest BCUT2D eigenvalue weighted by molar-refractivity contribution is 5.31. The number of nitrogens with two attached hydrogens (primary N) is 1. The van der Waals surface area contributed by atoms with Crippen LogP contribution in [0.5, 0.6) is 0 Å². The van der Waals surface area contributed by atoms with Crippen molar-refractivity contribution >= 4 is 0 Å². The Labute approximate surface area is 112 Å². The zero-order valence-electron chi connectivity index (χ0n) is 12.5. The number of hydrogen-bond acceptors (Lipinski definition) is 2. The maximum absolute atomic E-state index is 6.02. The van der Waals surface area contributed by atoms with Crippen LogP contribution in [0.3, 0.4) is 0 Å². The molecule has 18 heavy (non-hydrogen) atoms. The van der Waals surface area contributed by atoms with Gasteiger partial charge >= 0.3 is 0 Å². The molecule has 0 saturated heterocycles. The molecule has 0 saturated carbocycles. The van der Waals surface area contributed by atoms with Crippen molar-refractivity contribution < 1.29 is 0 Å². The third-order valence-electron chi connectivity index (χ3n) is 3.30. The molecule has 2 nitrogen and oxygen atoms in total. The lowest BCUT2D eigenvalue weighted by molar-refractivity contribution is 0.189. The van der Waals surface area contributed by atoms with Crippen LogP contribution in [0.4, 0.5) is 0 Å². The molecule has 1 aromatic carbocycles. The molecule has 2 heteroatoms. The van der Waals surface area contributed by atoms with Crippen molar-refractivity contribution in [1.29, 1.82) is 0 Å².